The number of Topliss-reactive ketones (excluding diaryl/α,β-unsaturated/α-hetero) is 1. The van der Waals surface area contributed by atoms with Crippen LogP contribution in [-0.2, 0) is 4.79 Å². The fourth-order valence-electron chi connectivity index (χ4n) is 2.57. The summed E-state index contributed by atoms with van der Waals surface area (Å²) in [5, 5.41) is 0. The van der Waals surface area contributed by atoms with E-state index in [0.29, 0.717) is 5.78 Å². The van der Waals surface area contributed by atoms with Gasteiger partial charge in [0, 0.05) is 12.8 Å². The molecule has 0 amide bonds. The maximum absolute atomic E-state index is 11.7. The monoisotopic (exact) mass is 294 g/mol. The Morgan fingerprint density at radius 1 is 0.619 bits per heavy atom. The number of hydrogen-bond acceptors (Lipinski definition) is 1. The van der Waals surface area contributed by atoms with Crippen LogP contribution >= 0.6 is 0 Å². The molecule has 0 unspecified atom stereocenters. The fraction of sp³-hybridized carbons (Fsp3) is 0.850. The van der Waals surface area contributed by atoms with E-state index in [9.17, 15) is 4.79 Å². The van der Waals surface area contributed by atoms with Gasteiger partial charge in [-0.2, -0.15) is 0 Å². The number of allylic oxidation sites excluding steroid dienone is 2. The van der Waals surface area contributed by atoms with Gasteiger partial charge in [0.1, 0.15) is 5.78 Å². The highest BCUT2D eigenvalue weighted by atomic mass is 16.1. The lowest BCUT2D eigenvalue weighted by Gasteiger charge is -2.01. The highest BCUT2D eigenvalue weighted by Crippen LogP contribution is 2.10. The average Bonchev–Trinajstić information content (AvgIpc) is 2.49. The van der Waals surface area contributed by atoms with Gasteiger partial charge in [0.15, 0.2) is 0 Å². The molecule has 1 heteroatoms. The van der Waals surface area contributed by atoms with Gasteiger partial charge < -0.3 is 0 Å². The third-order valence-electron chi connectivity index (χ3n) is 4.04. The van der Waals surface area contributed by atoms with Gasteiger partial charge in [-0.05, 0) is 25.7 Å². The summed E-state index contributed by atoms with van der Waals surface area (Å²) in [7, 11) is 0. The molecule has 0 bridgehead atoms. The van der Waals surface area contributed by atoms with Crippen LogP contribution in [0.25, 0.3) is 0 Å². The number of ketones is 1. The molecule has 124 valence electrons. The Balaban J connectivity index is 3.24. The van der Waals surface area contributed by atoms with E-state index in [1.165, 1.54) is 70.6 Å². The van der Waals surface area contributed by atoms with Crippen molar-refractivity contribution in [3.63, 3.8) is 0 Å². The summed E-state index contributed by atoms with van der Waals surface area (Å²) in [5.74, 6) is 0.458. The number of carbonyl (C=O) groups is 1. The van der Waals surface area contributed by atoms with Crippen molar-refractivity contribution in [1.82, 2.24) is 0 Å². The topological polar surface area (TPSA) is 17.1 Å². The Hall–Kier alpha value is -0.590. The van der Waals surface area contributed by atoms with Gasteiger partial charge >= 0.3 is 0 Å². The molecular weight excluding hydrogens is 256 g/mol. The van der Waals surface area contributed by atoms with Gasteiger partial charge in [0.2, 0.25) is 0 Å². The van der Waals surface area contributed by atoms with Gasteiger partial charge in [-0.15, -0.1) is 0 Å². The van der Waals surface area contributed by atoms with Crippen molar-refractivity contribution in [2.75, 3.05) is 0 Å². The SMILES string of the molecule is CCCCCC/C=C/CCC(=O)CCCCCCCCC. The van der Waals surface area contributed by atoms with Crippen molar-refractivity contribution in [3.05, 3.63) is 12.2 Å². The number of rotatable bonds is 16. The molecule has 0 rings (SSSR count). The molecule has 0 aromatic rings. The smallest absolute Gasteiger partial charge is 0.133 e. The Bertz CT molecular complexity index is 242. The Labute approximate surface area is 133 Å². The van der Waals surface area contributed by atoms with Crippen molar-refractivity contribution >= 4 is 5.78 Å². The van der Waals surface area contributed by atoms with E-state index in [1.807, 2.05) is 0 Å². The Morgan fingerprint density at radius 2 is 1.14 bits per heavy atom. The second-order valence-corrected chi connectivity index (χ2v) is 6.27. The quantitative estimate of drug-likeness (QED) is 0.221. The first-order chi connectivity index (χ1) is 10.3. The lowest BCUT2D eigenvalue weighted by atomic mass is 10.0. The van der Waals surface area contributed by atoms with Crippen LogP contribution < -0.4 is 0 Å². The van der Waals surface area contributed by atoms with Crippen LogP contribution in [-0.4, -0.2) is 5.78 Å². The van der Waals surface area contributed by atoms with E-state index in [2.05, 4.69) is 26.0 Å². The molecule has 0 saturated carbocycles. The summed E-state index contributed by atoms with van der Waals surface area (Å²) >= 11 is 0. The van der Waals surface area contributed by atoms with Crippen LogP contribution in [0.5, 0.6) is 0 Å². The zero-order valence-electron chi connectivity index (χ0n) is 14.7. The van der Waals surface area contributed by atoms with Gasteiger partial charge in [-0.1, -0.05) is 83.8 Å². The van der Waals surface area contributed by atoms with Crippen LogP contribution in [0.2, 0.25) is 0 Å². The van der Waals surface area contributed by atoms with Crippen LogP contribution in [0.15, 0.2) is 12.2 Å². The number of hydrogen-bond donors (Lipinski definition) is 0. The van der Waals surface area contributed by atoms with Crippen molar-refractivity contribution in [2.24, 2.45) is 0 Å². The summed E-state index contributed by atoms with van der Waals surface area (Å²) < 4.78 is 0. The normalized spacial score (nSPS) is 11.3. The molecular formula is C20H38O. The van der Waals surface area contributed by atoms with Crippen LogP contribution in [0.1, 0.15) is 110 Å². The summed E-state index contributed by atoms with van der Waals surface area (Å²) in [5.41, 5.74) is 0. The van der Waals surface area contributed by atoms with E-state index >= 15 is 0 Å². The fourth-order valence-corrected chi connectivity index (χ4v) is 2.57. The Morgan fingerprint density at radius 3 is 1.81 bits per heavy atom. The molecule has 0 aromatic carbocycles. The summed E-state index contributed by atoms with van der Waals surface area (Å²) in [6, 6.07) is 0. The van der Waals surface area contributed by atoms with Gasteiger partial charge in [-0.25, -0.2) is 0 Å². The molecule has 0 spiro atoms. The lowest BCUT2D eigenvalue weighted by Crippen LogP contribution is -1.96. The predicted octanol–water partition coefficient (Wildman–Crippen LogP) is 7.00. The number of unbranched alkanes of at least 4 members (excludes halogenated alkanes) is 10. The van der Waals surface area contributed by atoms with E-state index < -0.39 is 0 Å². The molecule has 0 saturated heterocycles. The van der Waals surface area contributed by atoms with Gasteiger partial charge in [0.25, 0.3) is 0 Å². The summed E-state index contributed by atoms with van der Waals surface area (Å²) in [4.78, 5) is 11.7. The van der Waals surface area contributed by atoms with E-state index in [1.54, 1.807) is 0 Å². The van der Waals surface area contributed by atoms with Crippen molar-refractivity contribution in [2.45, 2.75) is 110 Å². The zero-order chi connectivity index (χ0) is 15.6. The highest BCUT2D eigenvalue weighted by molar-refractivity contribution is 5.78. The molecule has 0 aliphatic rings. The molecule has 0 radical (unpaired) electrons. The third kappa shape index (κ3) is 17.4. The van der Waals surface area contributed by atoms with E-state index in [4.69, 9.17) is 0 Å². The van der Waals surface area contributed by atoms with Crippen molar-refractivity contribution in [1.29, 1.82) is 0 Å². The zero-order valence-corrected chi connectivity index (χ0v) is 14.7. The minimum atomic E-state index is 0.458. The summed E-state index contributed by atoms with van der Waals surface area (Å²) in [6.07, 6.45) is 22.5. The molecule has 0 aromatic heterocycles. The minimum Gasteiger partial charge on any atom is -0.300 e. The van der Waals surface area contributed by atoms with Crippen LogP contribution in [0.3, 0.4) is 0 Å². The molecule has 0 atom stereocenters. The van der Waals surface area contributed by atoms with E-state index in [-0.39, 0.29) is 0 Å². The molecule has 0 heterocycles. The second kappa shape index (κ2) is 17.5. The lowest BCUT2D eigenvalue weighted by molar-refractivity contribution is -0.119. The average molecular weight is 295 g/mol. The molecule has 0 aliphatic heterocycles. The van der Waals surface area contributed by atoms with Crippen LogP contribution in [0.4, 0.5) is 0 Å². The van der Waals surface area contributed by atoms with Crippen molar-refractivity contribution < 1.29 is 4.79 Å². The molecule has 1 nitrogen and oxygen atoms in total. The maximum Gasteiger partial charge on any atom is 0.133 e. The first-order valence-electron chi connectivity index (χ1n) is 9.48. The number of carbonyl (C=O) groups excluding carboxylic acids is 1. The van der Waals surface area contributed by atoms with Gasteiger partial charge in [-0.3, -0.25) is 4.79 Å². The standard InChI is InChI=1S/C20H38O/c1-3-5-7-9-11-13-15-17-19-20(21)18-16-14-12-10-8-6-4-2/h13,15H,3-12,14,16-19H2,1-2H3/b15-13+. The first kappa shape index (κ1) is 20.4. The molecule has 0 fully saturated rings. The van der Waals surface area contributed by atoms with E-state index in [0.717, 1.165) is 25.7 Å². The predicted molar refractivity (Wildman–Crippen MR) is 94.8 cm³/mol. The second-order valence-electron chi connectivity index (χ2n) is 6.27. The third-order valence-corrected chi connectivity index (χ3v) is 4.04. The largest absolute Gasteiger partial charge is 0.300 e. The minimum absolute atomic E-state index is 0.458. The van der Waals surface area contributed by atoms with Crippen LogP contribution in [0, 0.1) is 0 Å². The maximum atomic E-state index is 11.7. The molecule has 0 N–H and O–H groups in total. The van der Waals surface area contributed by atoms with Gasteiger partial charge in [0.05, 0.1) is 0 Å². The first-order valence-corrected chi connectivity index (χ1v) is 9.48. The molecule has 0 aliphatic carbocycles. The highest BCUT2D eigenvalue weighted by Gasteiger charge is 2.00. The Kier molecular flexibility index (Phi) is 17.0. The summed E-state index contributed by atoms with van der Waals surface area (Å²) in [6.45, 7) is 4.49. The van der Waals surface area contributed by atoms with Crippen molar-refractivity contribution in [3.8, 4) is 0 Å². The molecule has 21 heavy (non-hydrogen) atoms.